The highest BCUT2D eigenvalue weighted by molar-refractivity contribution is 7.85. The molecule has 4 unspecified atom stereocenters. The van der Waals surface area contributed by atoms with Gasteiger partial charge in [-0.3, -0.25) is 9.00 Å². The van der Waals surface area contributed by atoms with Crippen LogP contribution < -0.4 is 15.1 Å². The number of benzene rings is 1. The number of amides is 1. The van der Waals surface area contributed by atoms with Gasteiger partial charge in [0.05, 0.1) is 22.5 Å². The lowest BCUT2D eigenvalue weighted by Gasteiger charge is -2.57. The van der Waals surface area contributed by atoms with E-state index >= 15 is 0 Å². The summed E-state index contributed by atoms with van der Waals surface area (Å²) in [5.41, 5.74) is 2.10. The van der Waals surface area contributed by atoms with Gasteiger partial charge in [0, 0.05) is 74.5 Å². The van der Waals surface area contributed by atoms with E-state index in [1.807, 2.05) is 19.2 Å². The number of likely N-dealkylation sites (N-methyl/N-ethyl adjacent to an activating group) is 1. The molecule has 4 aliphatic heterocycles. The standard InChI is InChI=1S/C25H31ClN6O2S/c1-15-11-31(14-21-19(15)13-32(21)18-6-3-16(26)4-7-18)25-28-20-9-10-35(34)23(20)24(29-25)27-17-5-8-22(33)30(2)12-17/h3-4,6-7,15,17,19,21H,5,8-14H2,1-2H3,(H,27,28,29)/t15?,17-,19?,21?,35?/m0/s1. The molecule has 5 heterocycles. The zero-order valence-electron chi connectivity index (χ0n) is 20.1. The lowest BCUT2D eigenvalue weighted by molar-refractivity contribution is -0.132. The first-order chi connectivity index (χ1) is 16.9. The molecule has 3 fully saturated rings. The lowest BCUT2D eigenvalue weighted by atomic mass is 9.75. The van der Waals surface area contributed by atoms with Gasteiger partial charge in [0.25, 0.3) is 0 Å². The zero-order valence-corrected chi connectivity index (χ0v) is 21.7. The van der Waals surface area contributed by atoms with E-state index in [0.29, 0.717) is 48.8 Å². The average Bonchev–Trinajstić information content (AvgIpc) is 3.20. The molecule has 1 aromatic heterocycles. The third-order valence-corrected chi connectivity index (χ3v) is 9.74. The first kappa shape index (κ1) is 23.0. The Kier molecular flexibility index (Phi) is 5.87. The van der Waals surface area contributed by atoms with Crippen LogP contribution in [0.3, 0.4) is 0 Å². The Labute approximate surface area is 213 Å². The third-order valence-electron chi connectivity index (χ3n) is 8.03. The first-order valence-electron chi connectivity index (χ1n) is 12.4. The van der Waals surface area contributed by atoms with Crippen LogP contribution in [-0.2, 0) is 22.0 Å². The summed E-state index contributed by atoms with van der Waals surface area (Å²) in [6.45, 7) is 5.78. The number of hydrogen-bond acceptors (Lipinski definition) is 7. The van der Waals surface area contributed by atoms with E-state index in [1.165, 1.54) is 5.69 Å². The minimum atomic E-state index is -1.09. The van der Waals surface area contributed by atoms with Crippen molar-refractivity contribution in [1.82, 2.24) is 14.9 Å². The SMILES string of the molecule is CC1CN(c2nc3c(c(N[C@H]4CCC(=O)N(C)C4)n2)S(=O)CC3)CC2C1CN2c1ccc(Cl)cc1. The fourth-order valence-electron chi connectivity index (χ4n) is 5.99. The Bertz CT molecular complexity index is 1180. The largest absolute Gasteiger partial charge is 0.366 e. The monoisotopic (exact) mass is 514 g/mol. The van der Waals surface area contributed by atoms with Crippen LogP contribution in [0.5, 0.6) is 0 Å². The van der Waals surface area contributed by atoms with E-state index in [-0.39, 0.29) is 11.9 Å². The van der Waals surface area contributed by atoms with Gasteiger partial charge in [-0.2, -0.15) is 4.98 Å². The normalized spacial score (nSPS) is 30.1. The number of hydrogen-bond donors (Lipinski definition) is 1. The molecule has 6 rings (SSSR count). The van der Waals surface area contributed by atoms with Crippen LogP contribution in [0.15, 0.2) is 29.2 Å². The summed E-state index contributed by atoms with van der Waals surface area (Å²) in [5.74, 6) is 3.35. The molecule has 186 valence electrons. The molecule has 1 N–H and O–H groups in total. The number of carbonyl (C=O) groups is 1. The summed E-state index contributed by atoms with van der Waals surface area (Å²) in [4.78, 5) is 29.1. The van der Waals surface area contributed by atoms with E-state index in [1.54, 1.807) is 4.90 Å². The molecule has 0 aliphatic carbocycles. The molecule has 1 amide bonds. The molecule has 2 aromatic rings. The summed E-state index contributed by atoms with van der Waals surface area (Å²) in [7, 11) is 0.745. The van der Waals surface area contributed by atoms with Gasteiger partial charge in [-0.1, -0.05) is 18.5 Å². The van der Waals surface area contributed by atoms with Gasteiger partial charge in [-0.15, -0.1) is 0 Å². The molecule has 8 nitrogen and oxygen atoms in total. The highest BCUT2D eigenvalue weighted by Gasteiger charge is 2.47. The van der Waals surface area contributed by atoms with Gasteiger partial charge >= 0.3 is 0 Å². The minimum Gasteiger partial charge on any atom is -0.366 e. The maximum atomic E-state index is 12.8. The van der Waals surface area contributed by atoms with Crippen molar-refractivity contribution in [2.75, 3.05) is 54.1 Å². The second-order valence-corrected chi connectivity index (χ2v) is 12.3. The van der Waals surface area contributed by atoms with Crippen molar-refractivity contribution in [1.29, 1.82) is 0 Å². The van der Waals surface area contributed by atoms with E-state index < -0.39 is 10.8 Å². The Hall–Kier alpha value is -2.39. The van der Waals surface area contributed by atoms with Gasteiger partial charge in [0.2, 0.25) is 11.9 Å². The molecule has 5 atom stereocenters. The molecule has 4 aliphatic rings. The number of nitrogens with zero attached hydrogens (tertiary/aromatic N) is 5. The van der Waals surface area contributed by atoms with Crippen LogP contribution in [-0.4, -0.2) is 76.0 Å². The molecule has 1 aromatic carbocycles. The maximum absolute atomic E-state index is 12.8. The topological polar surface area (TPSA) is 81.7 Å². The number of anilines is 3. The number of rotatable bonds is 4. The molecule has 0 radical (unpaired) electrons. The number of piperidine rings is 2. The van der Waals surface area contributed by atoms with Crippen LogP contribution >= 0.6 is 11.6 Å². The van der Waals surface area contributed by atoms with E-state index in [2.05, 4.69) is 34.2 Å². The van der Waals surface area contributed by atoms with Crippen LogP contribution in [0.2, 0.25) is 5.02 Å². The van der Waals surface area contributed by atoms with Crippen LogP contribution in [0.25, 0.3) is 0 Å². The Morgan fingerprint density at radius 2 is 1.89 bits per heavy atom. The number of fused-ring (bicyclic) bond motifs is 2. The molecular formula is C25H31ClN6O2S. The highest BCUT2D eigenvalue weighted by Crippen LogP contribution is 2.41. The number of aromatic nitrogens is 2. The van der Waals surface area contributed by atoms with Crippen molar-refractivity contribution < 1.29 is 9.00 Å². The fourth-order valence-corrected chi connectivity index (χ4v) is 7.43. The van der Waals surface area contributed by atoms with E-state index in [0.717, 1.165) is 47.6 Å². The molecule has 3 saturated heterocycles. The van der Waals surface area contributed by atoms with Crippen LogP contribution in [0, 0.1) is 11.8 Å². The zero-order chi connectivity index (χ0) is 24.3. The molecule has 0 saturated carbocycles. The van der Waals surface area contributed by atoms with Crippen molar-refractivity contribution in [2.45, 2.75) is 43.2 Å². The average molecular weight is 515 g/mol. The number of halogens is 1. The smallest absolute Gasteiger partial charge is 0.227 e. The van der Waals surface area contributed by atoms with Crippen molar-refractivity contribution in [2.24, 2.45) is 11.8 Å². The first-order valence-corrected chi connectivity index (χ1v) is 14.1. The van der Waals surface area contributed by atoms with Gasteiger partial charge in [-0.05, 0) is 36.6 Å². The molecule has 0 bridgehead atoms. The quantitative estimate of drug-likeness (QED) is 0.671. The second kappa shape index (κ2) is 8.92. The van der Waals surface area contributed by atoms with Crippen molar-refractivity contribution >= 4 is 45.8 Å². The number of carbonyl (C=O) groups excluding carboxylic acids is 1. The number of aryl methyl sites for hydroxylation is 1. The van der Waals surface area contributed by atoms with Crippen LogP contribution in [0.4, 0.5) is 17.5 Å². The molecular weight excluding hydrogens is 484 g/mol. The predicted octanol–water partition coefficient (Wildman–Crippen LogP) is 2.79. The fraction of sp³-hybridized carbons (Fsp3) is 0.560. The van der Waals surface area contributed by atoms with Crippen molar-refractivity contribution in [3.63, 3.8) is 0 Å². The van der Waals surface area contributed by atoms with Crippen molar-refractivity contribution in [3.05, 3.63) is 35.0 Å². The Morgan fingerprint density at radius 1 is 1.09 bits per heavy atom. The van der Waals surface area contributed by atoms with E-state index in [4.69, 9.17) is 21.6 Å². The molecule has 35 heavy (non-hydrogen) atoms. The summed E-state index contributed by atoms with van der Waals surface area (Å²) in [6.07, 6.45) is 1.98. The number of nitrogens with one attached hydrogen (secondary N) is 1. The summed E-state index contributed by atoms with van der Waals surface area (Å²) in [5, 5.41) is 4.29. The summed E-state index contributed by atoms with van der Waals surface area (Å²) >= 11 is 6.11. The van der Waals surface area contributed by atoms with Gasteiger partial charge in [-0.25, -0.2) is 4.98 Å². The predicted molar refractivity (Wildman–Crippen MR) is 139 cm³/mol. The third kappa shape index (κ3) is 4.16. The second-order valence-electron chi connectivity index (χ2n) is 10.3. The Balaban J connectivity index is 1.27. The van der Waals surface area contributed by atoms with Gasteiger partial charge < -0.3 is 20.0 Å². The lowest BCUT2D eigenvalue weighted by Crippen LogP contribution is -2.67. The number of likely N-dealkylation sites (tertiary alicyclic amines) is 1. The summed E-state index contributed by atoms with van der Waals surface area (Å²) in [6, 6.07) is 8.59. The maximum Gasteiger partial charge on any atom is 0.227 e. The van der Waals surface area contributed by atoms with Crippen LogP contribution in [0.1, 0.15) is 25.5 Å². The van der Waals surface area contributed by atoms with E-state index in [9.17, 15) is 9.00 Å². The molecule has 0 spiro atoms. The van der Waals surface area contributed by atoms with Crippen molar-refractivity contribution in [3.8, 4) is 0 Å². The Morgan fingerprint density at radius 3 is 2.66 bits per heavy atom. The highest BCUT2D eigenvalue weighted by atomic mass is 35.5. The molecule has 10 heteroatoms. The minimum absolute atomic E-state index is 0.0961. The van der Waals surface area contributed by atoms with Gasteiger partial charge in [0.1, 0.15) is 10.7 Å². The summed E-state index contributed by atoms with van der Waals surface area (Å²) < 4.78 is 12.8. The van der Waals surface area contributed by atoms with Gasteiger partial charge in [0.15, 0.2) is 0 Å².